The second-order valence-corrected chi connectivity index (χ2v) is 9.17. The number of hydrogen-bond acceptors (Lipinski definition) is 5. The Kier molecular flexibility index (Phi) is 5.19. The second kappa shape index (κ2) is 7.37. The topological polar surface area (TPSA) is 92.3 Å². The summed E-state index contributed by atoms with van der Waals surface area (Å²) in [4.78, 5) is 24.9. The van der Waals surface area contributed by atoms with Gasteiger partial charge in [-0.2, -0.15) is 0 Å². The molecule has 0 spiro atoms. The van der Waals surface area contributed by atoms with E-state index in [2.05, 4.69) is 10.6 Å². The van der Waals surface area contributed by atoms with Gasteiger partial charge in [0.15, 0.2) is 9.84 Å². The molecule has 2 amide bonds. The van der Waals surface area contributed by atoms with Gasteiger partial charge in [-0.25, -0.2) is 8.42 Å². The Bertz CT molecular complexity index is 876. The molecule has 0 bridgehead atoms. The molecule has 1 fully saturated rings. The van der Waals surface area contributed by atoms with Crippen LogP contribution in [-0.2, 0) is 9.84 Å². The van der Waals surface area contributed by atoms with E-state index >= 15 is 0 Å². The summed E-state index contributed by atoms with van der Waals surface area (Å²) in [6.45, 7) is 0.337. The summed E-state index contributed by atoms with van der Waals surface area (Å²) in [7, 11) is -2.95. The molecule has 1 aromatic carbocycles. The summed E-state index contributed by atoms with van der Waals surface area (Å²) >= 11 is 1.34. The Hall–Kier alpha value is -2.19. The van der Waals surface area contributed by atoms with Gasteiger partial charge in [0, 0.05) is 17.8 Å². The van der Waals surface area contributed by atoms with Crippen molar-refractivity contribution >= 4 is 38.7 Å². The highest BCUT2D eigenvalue weighted by Gasteiger charge is 2.28. The van der Waals surface area contributed by atoms with E-state index in [1.165, 1.54) is 11.3 Å². The van der Waals surface area contributed by atoms with Crippen molar-refractivity contribution in [2.24, 2.45) is 5.92 Å². The van der Waals surface area contributed by atoms with Crippen LogP contribution in [0.4, 0.5) is 5.69 Å². The third kappa shape index (κ3) is 4.67. The fourth-order valence-corrected chi connectivity index (χ4v) is 5.19. The molecule has 2 N–H and O–H groups in total. The fraction of sp³-hybridized carbons (Fsp3) is 0.294. The van der Waals surface area contributed by atoms with Gasteiger partial charge in [-0.05, 0) is 42.0 Å². The van der Waals surface area contributed by atoms with Crippen LogP contribution in [0.15, 0.2) is 41.8 Å². The van der Waals surface area contributed by atoms with Crippen molar-refractivity contribution < 1.29 is 18.0 Å². The van der Waals surface area contributed by atoms with E-state index in [1.54, 1.807) is 36.4 Å². The lowest BCUT2D eigenvalue weighted by atomic mass is 10.1. The normalized spacial score (nSPS) is 18.6. The minimum absolute atomic E-state index is 0.0318. The lowest BCUT2D eigenvalue weighted by Gasteiger charge is -2.11. The predicted molar refractivity (Wildman–Crippen MR) is 97.8 cm³/mol. The van der Waals surface area contributed by atoms with Crippen LogP contribution in [-0.4, -0.2) is 38.3 Å². The van der Waals surface area contributed by atoms with Gasteiger partial charge in [0.25, 0.3) is 11.8 Å². The van der Waals surface area contributed by atoms with E-state index in [0.29, 0.717) is 29.1 Å². The van der Waals surface area contributed by atoms with Crippen molar-refractivity contribution in [2.75, 3.05) is 23.4 Å². The number of sulfone groups is 1. The molecule has 2 aromatic rings. The molecule has 25 heavy (non-hydrogen) atoms. The Morgan fingerprint density at radius 1 is 1.16 bits per heavy atom. The van der Waals surface area contributed by atoms with Gasteiger partial charge in [-0.3, -0.25) is 9.59 Å². The predicted octanol–water partition coefficient (Wildman–Crippen LogP) is 2.16. The van der Waals surface area contributed by atoms with Crippen LogP contribution in [0, 0.1) is 5.92 Å². The standard InChI is InChI=1S/C17H18N2O4S2/c20-16(18-10-12-6-8-25(22,23)11-12)13-3-1-4-14(9-13)19-17(21)15-5-2-7-24-15/h1-5,7,9,12H,6,8,10-11H2,(H,18,20)(H,19,21). The first-order valence-electron chi connectivity index (χ1n) is 7.86. The number of hydrogen-bond donors (Lipinski definition) is 2. The first-order valence-corrected chi connectivity index (χ1v) is 10.6. The number of rotatable bonds is 5. The number of amides is 2. The van der Waals surface area contributed by atoms with E-state index in [9.17, 15) is 18.0 Å². The molecule has 1 aromatic heterocycles. The van der Waals surface area contributed by atoms with Gasteiger partial charge < -0.3 is 10.6 Å². The van der Waals surface area contributed by atoms with E-state index in [0.717, 1.165) is 0 Å². The summed E-state index contributed by atoms with van der Waals surface area (Å²) in [5.41, 5.74) is 0.958. The molecule has 1 aliphatic rings. The molecule has 1 unspecified atom stereocenters. The highest BCUT2D eigenvalue weighted by atomic mass is 32.2. The number of benzene rings is 1. The smallest absolute Gasteiger partial charge is 0.265 e. The van der Waals surface area contributed by atoms with E-state index in [4.69, 9.17) is 0 Å². The van der Waals surface area contributed by atoms with Gasteiger partial charge in [-0.1, -0.05) is 12.1 Å². The lowest BCUT2D eigenvalue weighted by molar-refractivity contribution is 0.0947. The van der Waals surface area contributed by atoms with Crippen molar-refractivity contribution in [2.45, 2.75) is 6.42 Å². The Balaban J connectivity index is 1.59. The quantitative estimate of drug-likeness (QED) is 0.834. The average molecular weight is 378 g/mol. The van der Waals surface area contributed by atoms with Crippen molar-refractivity contribution in [1.82, 2.24) is 5.32 Å². The summed E-state index contributed by atoms with van der Waals surface area (Å²) in [6, 6.07) is 10.2. The number of thiophene rings is 1. The molecule has 0 radical (unpaired) electrons. The molecule has 1 atom stereocenters. The second-order valence-electron chi connectivity index (χ2n) is 5.99. The van der Waals surface area contributed by atoms with Crippen LogP contribution in [0.5, 0.6) is 0 Å². The maximum absolute atomic E-state index is 12.3. The number of carbonyl (C=O) groups excluding carboxylic acids is 2. The molecule has 132 valence electrons. The molecular weight excluding hydrogens is 360 g/mol. The minimum atomic E-state index is -2.95. The average Bonchev–Trinajstić information content (AvgIpc) is 3.22. The molecule has 0 saturated carbocycles. The van der Waals surface area contributed by atoms with E-state index in [-0.39, 0.29) is 29.2 Å². The molecule has 3 rings (SSSR count). The molecular formula is C17H18N2O4S2. The molecule has 1 saturated heterocycles. The van der Waals surface area contributed by atoms with Crippen LogP contribution in [0.2, 0.25) is 0 Å². The Morgan fingerprint density at radius 2 is 2.00 bits per heavy atom. The Morgan fingerprint density at radius 3 is 2.68 bits per heavy atom. The number of anilines is 1. The van der Waals surface area contributed by atoms with Gasteiger partial charge in [0.05, 0.1) is 16.4 Å². The van der Waals surface area contributed by atoms with Gasteiger partial charge in [-0.15, -0.1) is 11.3 Å². The molecule has 0 aliphatic carbocycles. The van der Waals surface area contributed by atoms with E-state index in [1.807, 2.05) is 5.38 Å². The maximum Gasteiger partial charge on any atom is 0.265 e. The van der Waals surface area contributed by atoms with E-state index < -0.39 is 9.84 Å². The molecule has 1 aliphatic heterocycles. The molecule has 2 heterocycles. The first kappa shape index (κ1) is 17.6. The maximum atomic E-state index is 12.3. The van der Waals surface area contributed by atoms with Crippen LogP contribution < -0.4 is 10.6 Å². The van der Waals surface area contributed by atoms with Gasteiger partial charge >= 0.3 is 0 Å². The van der Waals surface area contributed by atoms with Crippen LogP contribution in [0.1, 0.15) is 26.5 Å². The van der Waals surface area contributed by atoms with Crippen LogP contribution >= 0.6 is 11.3 Å². The fourth-order valence-electron chi connectivity index (χ4n) is 2.71. The third-order valence-electron chi connectivity index (χ3n) is 4.01. The van der Waals surface area contributed by atoms with Gasteiger partial charge in [0.2, 0.25) is 0 Å². The highest BCUT2D eigenvalue weighted by molar-refractivity contribution is 7.91. The molecule has 8 heteroatoms. The highest BCUT2D eigenvalue weighted by Crippen LogP contribution is 2.18. The number of nitrogens with one attached hydrogen (secondary N) is 2. The summed E-state index contributed by atoms with van der Waals surface area (Å²) in [6.07, 6.45) is 0.583. The van der Waals surface area contributed by atoms with Crippen molar-refractivity contribution in [3.05, 3.63) is 52.2 Å². The molecule has 6 nitrogen and oxygen atoms in total. The van der Waals surface area contributed by atoms with Gasteiger partial charge in [0.1, 0.15) is 0 Å². The minimum Gasteiger partial charge on any atom is -0.352 e. The number of carbonyl (C=O) groups is 2. The monoisotopic (exact) mass is 378 g/mol. The SMILES string of the molecule is O=C(NCC1CCS(=O)(=O)C1)c1cccc(NC(=O)c2cccs2)c1. The van der Waals surface area contributed by atoms with Crippen molar-refractivity contribution in [1.29, 1.82) is 0 Å². The van der Waals surface area contributed by atoms with Crippen molar-refractivity contribution in [3.63, 3.8) is 0 Å². The summed E-state index contributed by atoms with van der Waals surface area (Å²) in [5.74, 6) is -0.210. The van der Waals surface area contributed by atoms with Crippen molar-refractivity contribution in [3.8, 4) is 0 Å². The lowest BCUT2D eigenvalue weighted by Crippen LogP contribution is -2.29. The zero-order valence-corrected chi connectivity index (χ0v) is 15.0. The van der Waals surface area contributed by atoms with Crippen LogP contribution in [0.3, 0.4) is 0 Å². The first-order chi connectivity index (χ1) is 11.9. The zero-order valence-electron chi connectivity index (χ0n) is 13.4. The Labute approximate surface area is 150 Å². The summed E-state index contributed by atoms with van der Waals surface area (Å²) in [5, 5.41) is 7.35. The third-order valence-corrected chi connectivity index (χ3v) is 6.71. The van der Waals surface area contributed by atoms with Crippen LogP contribution in [0.25, 0.3) is 0 Å². The zero-order chi connectivity index (χ0) is 17.9. The largest absolute Gasteiger partial charge is 0.352 e. The summed E-state index contributed by atoms with van der Waals surface area (Å²) < 4.78 is 22.9.